The van der Waals surface area contributed by atoms with Gasteiger partial charge in [-0.1, -0.05) is 12.2 Å². The van der Waals surface area contributed by atoms with Crippen LogP contribution in [0.5, 0.6) is 0 Å². The van der Waals surface area contributed by atoms with Crippen LogP contribution in [-0.2, 0) is 9.53 Å². The van der Waals surface area contributed by atoms with E-state index in [1.807, 2.05) is 12.2 Å². The van der Waals surface area contributed by atoms with E-state index < -0.39 is 0 Å². The standard InChI is InChI=1S/C13H16O2/c1-10(2)11-5-8-15-13(9-11)6-3-12(14)4-7-13/h3-4,6-7,11H,1,5,8-9H2,2H3. The van der Waals surface area contributed by atoms with Crippen molar-refractivity contribution < 1.29 is 9.53 Å². The van der Waals surface area contributed by atoms with Crippen molar-refractivity contribution in [2.75, 3.05) is 6.61 Å². The molecule has 0 amide bonds. The molecule has 0 saturated carbocycles. The molecule has 0 bridgehead atoms. The van der Waals surface area contributed by atoms with E-state index in [0.29, 0.717) is 5.92 Å². The summed E-state index contributed by atoms with van der Waals surface area (Å²) in [6, 6.07) is 0. The van der Waals surface area contributed by atoms with Gasteiger partial charge in [-0.25, -0.2) is 0 Å². The number of ketones is 1. The minimum atomic E-state index is -0.351. The summed E-state index contributed by atoms with van der Waals surface area (Å²) in [5, 5.41) is 0. The lowest BCUT2D eigenvalue weighted by molar-refractivity contribution is -0.111. The summed E-state index contributed by atoms with van der Waals surface area (Å²) in [5.74, 6) is 0.544. The van der Waals surface area contributed by atoms with E-state index in [2.05, 4.69) is 13.5 Å². The number of carbonyl (C=O) groups excluding carboxylic acids is 1. The van der Waals surface area contributed by atoms with Crippen LogP contribution >= 0.6 is 0 Å². The summed E-state index contributed by atoms with van der Waals surface area (Å²) in [5.41, 5.74) is 0.854. The van der Waals surface area contributed by atoms with E-state index in [1.54, 1.807) is 12.2 Å². The highest BCUT2D eigenvalue weighted by Gasteiger charge is 2.34. The molecule has 1 saturated heterocycles. The van der Waals surface area contributed by atoms with Crippen LogP contribution in [-0.4, -0.2) is 18.0 Å². The smallest absolute Gasteiger partial charge is 0.178 e. The van der Waals surface area contributed by atoms with Crippen LogP contribution in [0, 0.1) is 5.92 Å². The molecule has 1 heterocycles. The predicted octanol–water partition coefficient (Wildman–Crippen LogP) is 2.42. The third kappa shape index (κ3) is 2.10. The highest BCUT2D eigenvalue weighted by Crippen LogP contribution is 2.36. The Bertz CT molecular complexity index is 334. The van der Waals surface area contributed by atoms with Gasteiger partial charge in [-0.15, -0.1) is 0 Å². The second kappa shape index (κ2) is 3.78. The Morgan fingerprint density at radius 3 is 2.80 bits per heavy atom. The molecular formula is C13H16O2. The van der Waals surface area contributed by atoms with Gasteiger partial charge in [0.05, 0.1) is 0 Å². The first-order valence-electron chi connectivity index (χ1n) is 5.33. The summed E-state index contributed by atoms with van der Waals surface area (Å²) in [7, 11) is 0. The van der Waals surface area contributed by atoms with E-state index in [-0.39, 0.29) is 11.4 Å². The number of hydrogen-bond acceptors (Lipinski definition) is 2. The van der Waals surface area contributed by atoms with Crippen LogP contribution in [0.25, 0.3) is 0 Å². The fourth-order valence-corrected chi connectivity index (χ4v) is 2.15. The van der Waals surface area contributed by atoms with E-state index in [0.717, 1.165) is 19.4 Å². The molecule has 1 aliphatic heterocycles. The first-order chi connectivity index (χ1) is 7.11. The average molecular weight is 204 g/mol. The summed E-state index contributed by atoms with van der Waals surface area (Å²) >= 11 is 0. The van der Waals surface area contributed by atoms with E-state index >= 15 is 0 Å². The molecule has 0 aromatic rings. The Morgan fingerprint density at radius 2 is 2.20 bits per heavy atom. The Morgan fingerprint density at radius 1 is 1.53 bits per heavy atom. The molecule has 0 radical (unpaired) electrons. The van der Waals surface area contributed by atoms with Gasteiger partial charge in [0, 0.05) is 6.61 Å². The van der Waals surface area contributed by atoms with Gasteiger partial charge in [0.2, 0.25) is 0 Å². The molecule has 0 aromatic heterocycles. The Balaban J connectivity index is 2.16. The topological polar surface area (TPSA) is 26.3 Å². The van der Waals surface area contributed by atoms with Gasteiger partial charge < -0.3 is 4.74 Å². The molecule has 1 atom stereocenters. The van der Waals surface area contributed by atoms with Gasteiger partial charge in [-0.05, 0) is 50.0 Å². The number of ether oxygens (including phenoxy) is 1. The normalized spacial score (nSPS) is 28.3. The summed E-state index contributed by atoms with van der Waals surface area (Å²) in [4.78, 5) is 11.1. The summed E-state index contributed by atoms with van der Waals surface area (Å²) in [6.07, 6.45) is 8.89. The lowest BCUT2D eigenvalue weighted by atomic mass is 9.80. The molecule has 80 valence electrons. The third-order valence-corrected chi connectivity index (χ3v) is 3.16. The maximum absolute atomic E-state index is 11.1. The van der Waals surface area contributed by atoms with Gasteiger partial charge in [0.1, 0.15) is 5.60 Å². The maximum Gasteiger partial charge on any atom is 0.178 e. The highest BCUT2D eigenvalue weighted by atomic mass is 16.5. The van der Waals surface area contributed by atoms with Crippen molar-refractivity contribution in [1.82, 2.24) is 0 Å². The number of rotatable bonds is 1. The van der Waals surface area contributed by atoms with Crippen molar-refractivity contribution in [2.24, 2.45) is 5.92 Å². The summed E-state index contributed by atoms with van der Waals surface area (Å²) in [6.45, 7) is 6.80. The molecule has 1 fully saturated rings. The second-order valence-corrected chi connectivity index (χ2v) is 4.41. The molecule has 1 aliphatic carbocycles. The van der Waals surface area contributed by atoms with Crippen LogP contribution in [0.2, 0.25) is 0 Å². The van der Waals surface area contributed by atoms with Crippen molar-refractivity contribution in [1.29, 1.82) is 0 Å². The molecule has 2 nitrogen and oxygen atoms in total. The lowest BCUT2D eigenvalue weighted by Gasteiger charge is -2.38. The Hall–Kier alpha value is -1.15. The van der Waals surface area contributed by atoms with Crippen molar-refractivity contribution in [2.45, 2.75) is 25.4 Å². The number of allylic oxidation sites excluding steroid dienone is 3. The van der Waals surface area contributed by atoms with Gasteiger partial charge >= 0.3 is 0 Å². The zero-order valence-corrected chi connectivity index (χ0v) is 9.03. The van der Waals surface area contributed by atoms with Gasteiger partial charge in [-0.2, -0.15) is 0 Å². The Labute approximate surface area is 90.3 Å². The quantitative estimate of drug-likeness (QED) is 0.613. The van der Waals surface area contributed by atoms with Crippen molar-refractivity contribution in [3.05, 3.63) is 36.5 Å². The average Bonchev–Trinajstić information content (AvgIpc) is 2.23. The first kappa shape index (κ1) is 10.4. The van der Waals surface area contributed by atoms with Crippen molar-refractivity contribution >= 4 is 5.78 Å². The molecule has 0 N–H and O–H groups in total. The van der Waals surface area contributed by atoms with Crippen LogP contribution in [0.3, 0.4) is 0 Å². The Kier molecular flexibility index (Phi) is 2.61. The van der Waals surface area contributed by atoms with Crippen LogP contribution in [0.4, 0.5) is 0 Å². The fourth-order valence-electron chi connectivity index (χ4n) is 2.15. The number of hydrogen-bond donors (Lipinski definition) is 0. The van der Waals surface area contributed by atoms with Crippen molar-refractivity contribution in [3.63, 3.8) is 0 Å². The summed E-state index contributed by atoms with van der Waals surface area (Å²) < 4.78 is 5.77. The van der Waals surface area contributed by atoms with Crippen molar-refractivity contribution in [3.8, 4) is 0 Å². The molecule has 15 heavy (non-hydrogen) atoms. The molecular weight excluding hydrogens is 188 g/mol. The first-order valence-corrected chi connectivity index (χ1v) is 5.33. The van der Waals surface area contributed by atoms with E-state index in [9.17, 15) is 4.79 Å². The van der Waals surface area contributed by atoms with Crippen LogP contribution in [0.15, 0.2) is 36.5 Å². The minimum Gasteiger partial charge on any atom is -0.367 e. The van der Waals surface area contributed by atoms with E-state index in [4.69, 9.17) is 4.74 Å². The SMILES string of the molecule is C=C(C)C1CCOC2(C=CC(=O)C=C2)C1. The highest BCUT2D eigenvalue weighted by molar-refractivity contribution is 6.00. The van der Waals surface area contributed by atoms with Gasteiger partial charge in [0.15, 0.2) is 5.78 Å². The van der Waals surface area contributed by atoms with E-state index in [1.165, 1.54) is 5.57 Å². The molecule has 1 spiro atoms. The second-order valence-electron chi connectivity index (χ2n) is 4.41. The zero-order valence-electron chi connectivity index (χ0n) is 9.03. The maximum atomic E-state index is 11.1. The van der Waals surface area contributed by atoms with Gasteiger partial charge in [0.25, 0.3) is 0 Å². The largest absolute Gasteiger partial charge is 0.367 e. The zero-order chi connectivity index (χ0) is 10.9. The number of carbonyl (C=O) groups is 1. The third-order valence-electron chi connectivity index (χ3n) is 3.16. The molecule has 2 rings (SSSR count). The molecule has 2 aliphatic rings. The van der Waals surface area contributed by atoms with Crippen LogP contribution < -0.4 is 0 Å². The monoisotopic (exact) mass is 204 g/mol. The predicted molar refractivity (Wildman–Crippen MR) is 59.5 cm³/mol. The molecule has 0 aromatic carbocycles. The van der Waals surface area contributed by atoms with Gasteiger partial charge in [-0.3, -0.25) is 4.79 Å². The minimum absolute atomic E-state index is 0.0432. The van der Waals surface area contributed by atoms with Crippen LogP contribution in [0.1, 0.15) is 19.8 Å². The molecule has 1 unspecified atom stereocenters. The molecule has 2 heteroatoms. The fraction of sp³-hybridized carbons (Fsp3) is 0.462. The lowest BCUT2D eigenvalue weighted by Crippen LogP contribution is -2.38.